The van der Waals surface area contributed by atoms with Crippen molar-refractivity contribution in [1.82, 2.24) is 9.21 Å². The molecular formula is C14H19ClN2O4S. The Morgan fingerprint density at radius 2 is 1.77 bits per heavy atom. The summed E-state index contributed by atoms with van der Waals surface area (Å²) < 4.78 is 26.4. The van der Waals surface area contributed by atoms with Crippen molar-refractivity contribution in [1.29, 1.82) is 0 Å². The Hall–Kier alpha value is -1.15. The van der Waals surface area contributed by atoms with E-state index in [2.05, 4.69) is 0 Å². The van der Waals surface area contributed by atoms with Gasteiger partial charge in [0.25, 0.3) is 0 Å². The summed E-state index contributed by atoms with van der Waals surface area (Å²) in [5, 5.41) is 9.65. The zero-order chi connectivity index (χ0) is 16.3. The Bertz CT molecular complexity index is 625. The number of sulfonamides is 1. The van der Waals surface area contributed by atoms with Gasteiger partial charge in [-0.15, -0.1) is 0 Å². The van der Waals surface area contributed by atoms with Crippen LogP contribution in [0.2, 0.25) is 5.02 Å². The molecule has 122 valence electrons. The maximum atomic E-state index is 12.5. The molecule has 0 amide bonds. The van der Waals surface area contributed by atoms with Gasteiger partial charge in [0.05, 0.1) is 4.90 Å². The van der Waals surface area contributed by atoms with Gasteiger partial charge >= 0.3 is 5.97 Å². The van der Waals surface area contributed by atoms with Gasteiger partial charge in [-0.05, 0) is 30.7 Å². The lowest BCUT2D eigenvalue weighted by Gasteiger charge is -2.36. The number of hydrogen-bond donors (Lipinski definition) is 1. The van der Waals surface area contributed by atoms with E-state index in [1.165, 1.54) is 16.4 Å². The van der Waals surface area contributed by atoms with Crippen LogP contribution in [0.4, 0.5) is 0 Å². The SMILES string of the molecule is CCC(C(=O)O)N1CCN(S(=O)(=O)c2ccc(Cl)cc2)CC1. The molecule has 0 aliphatic carbocycles. The summed E-state index contributed by atoms with van der Waals surface area (Å²) in [6, 6.07) is 5.50. The smallest absolute Gasteiger partial charge is 0.320 e. The van der Waals surface area contributed by atoms with E-state index in [1.54, 1.807) is 12.1 Å². The lowest BCUT2D eigenvalue weighted by Crippen LogP contribution is -2.53. The first-order valence-electron chi connectivity index (χ1n) is 7.09. The van der Waals surface area contributed by atoms with Crippen molar-refractivity contribution < 1.29 is 18.3 Å². The summed E-state index contributed by atoms with van der Waals surface area (Å²) in [7, 11) is -3.55. The number of nitrogens with zero attached hydrogens (tertiary/aromatic N) is 2. The summed E-state index contributed by atoms with van der Waals surface area (Å²) in [6.45, 7) is 3.22. The standard InChI is InChI=1S/C14H19ClN2O4S/c1-2-13(14(18)19)16-7-9-17(10-8-16)22(20,21)12-5-3-11(15)4-6-12/h3-6,13H,2,7-10H2,1H3,(H,18,19). The van der Waals surface area contributed by atoms with E-state index in [0.29, 0.717) is 24.5 Å². The van der Waals surface area contributed by atoms with Crippen LogP contribution < -0.4 is 0 Å². The van der Waals surface area contributed by atoms with Gasteiger partial charge in [-0.25, -0.2) is 8.42 Å². The van der Waals surface area contributed by atoms with Crippen molar-refractivity contribution in [2.45, 2.75) is 24.3 Å². The molecule has 1 N–H and O–H groups in total. The van der Waals surface area contributed by atoms with E-state index >= 15 is 0 Å². The van der Waals surface area contributed by atoms with Crippen LogP contribution in [0.1, 0.15) is 13.3 Å². The Kier molecular flexibility index (Phi) is 5.44. The summed E-state index contributed by atoms with van der Waals surface area (Å²) in [6.07, 6.45) is 0.499. The van der Waals surface area contributed by atoms with Crippen LogP contribution in [-0.2, 0) is 14.8 Å². The fraction of sp³-hybridized carbons (Fsp3) is 0.500. The van der Waals surface area contributed by atoms with Crippen LogP contribution in [0.5, 0.6) is 0 Å². The highest BCUT2D eigenvalue weighted by Crippen LogP contribution is 2.20. The molecule has 2 rings (SSSR count). The average Bonchev–Trinajstić information content (AvgIpc) is 2.48. The molecule has 8 heteroatoms. The molecule has 1 aliphatic rings. The van der Waals surface area contributed by atoms with Crippen LogP contribution in [0.25, 0.3) is 0 Å². The highest BCUT2D eigenvalue weighted by atomic mass is 35.5. The highest BCUT2D eigenvalue weighted by Gasteiger charge is 2.32. The second-order valence-corrected chi connectivity index (χ2v) is 7.53. The Labute approximate surface area is 135 Å². The Morgan fingerprint density at radius 3 is 2.23 bits per heavy atom. The molecule has 1 heterocycles. The number of benzene rings is 1. The van der Waals surface area contributed by atoms with Crippen molar-refractivity contribution in [3.8, 4) is 0 Å². The summed E-state index contributed by atoms with van der Waals surface area (Å²) in [5.74, 6) is -0.864. The van der Waals surface area contributed by atoms with Crippen LogP contribution >= 0.6 is 11.6 Å². The molecular weight excluding hydrogens is 328 g/mol. The number of carboxylic acids is 1. The molecule has 6 nitrogen and oxygen atoms in total. The third kappa shape index (κ3) is 3.60. The van der Waals surface area contributed by atoms with E-state index in [0.717, 1.165) is 0 Å². The minimum atomic E-state index is -3.55. The van der Waals surface area contributed by atoms with Crippen molar-refractivity contribution in [2.75, 3.05) is 26.2 Å². The van der Waals surface area contributed by atoms with Crippen molar-refractivity contribution in [3.63, 3.8) is 0 Å². The third-order valence-electron chi connectivity index (χ3n) is 3.84. The fourth-order valence-electron chi connectivity index (χ4n) is 2.60. The zero-order valence-corrected chi connectivity index (χ0v) is 13.8. The van der Waals surface area contributed by atoms with Crippen LogP contribution in [-0.4, -0.2) is 60.9 Å². The number of carbonyl (C=O) groups is 1. The van der Waals surface area contributed by atoms with Gasteiger partial charge in [-0.1, -0.05) is 18.5 Å². The predicted octanol–water partition coefficient (Wildman–Crippen LogP) is 1.51. The van der Waals surface area contributed by atoms with Gasteiger partial charge in [0.2, 0.25) is 10.0 Å². The minimum Gasteiger partial charge on any atom is -0.480 e. The molecule has 1 fully saturated rings. The lowest BCUT2D eigenvalue weighted by atomic mass is 10.1. The Balaban J connectivity index is 2.07. The van der Waals surface area contributed by atoms with Crippen molar-refractivity contribution >= 4 is 27.6 Å². The van der Waals surface area contributed by atoms with Crippen LogP contribution in [0, 0.1) is 0 Å². The average molecular weight is 347 g/mol. The number of rotatable bonds is 5. The molecule has 1 unspecified atom stereocenters. The predicted molar refractivity (Wildman–Crippen MR) is 83.5 cm³/mol. The summed E-state index contributed by atoms with van der Waals surface area (Å²) in [4.78, 5) is 13.2. The molecule has 0 bridgehead atoms. The van der Waals surface area contributed by atoms with Crippen LogP contribution in [0.3, 0.4) is 0 Å². The first kappa shape index (κ1) is 17.2. The van der Waals surface area contributed by atoms with Gasteiger partial charge in [0, 0.05) is 31.2 Å². The van der Waals surface area contributed by atoms with Crippen molar-refractivity contribution in [2.24, 2.45) is 0 Å². The number of halogens is 1. The van der Waals surface area contributed by atoms with Gasteiger partial charge in [-0.2, -0.15) is 4.31 Å². The summed E-state index contributed by atoms with van der Waals surface area (Å²) >= 11 is 5.78. The number of piperazine rings is 1. The number of aliphatic carboxylic acids is 1. The quantitative estimate of drug-likeness (QED) is 0.874. The molecule has 0 aromatic heterocycles. The molecule has 1 aromatic carbocycles. The first-order chi connectivity index (χ1) is 10.4. The second-order valence-electron chi connectivity index (χ2n) is 5.16. The van der Waals surface area contributed by atoms with Gasteiger partial charge in [0.1, 0.15) is 6.04 Å². The van der Waals surface area contributed by atoms with E-state index in [9.17, 15) is 13.2 Å². The molecule has 1 aliphatic heterocycles. The molecule has 0 saturated carbocycles. The number of hydrogen-bond acceptors (Lipinski definition) is 4. The van der Waals surface area contributed by atoms with Crippen LogP contribution in [0.15, 0.2) is 29.2 Å². The normalized spacial score (nSPS) is 19.0. The highest BCUT2D eigenvalue weighted by molar-refractivity contribution is 7.89. The molecule has 0 radical (unpaired) electrons. The van der Waals surface area contributed by atoms with E-state index < -0.39 is 22.0 Å². The lowest BCUT2D eigenvalue weighted by molar-refractivity contribution is -0.143. The Morgan fingerprint density at radius 1 is 1.23 bits per heavy atom. The monoisotopic (exact) mass is 346 g/mol. The fourth-order valence-corrected chi connectivity index (χ4v) is 4.15. The van der Waals surface area contributed by atoms with E-state index in [-0.39, 0.29) is 18.0 Å². The largest absolute Gasteiger partial charge is 0.480 e. The minimum absolute atomic E-state index is 0.204. The maximum Gasteiger partial charge on any atom is 0.320 e. The molecule has 0 spiro atoms. The third-order valence-corrected chi connectivity index (χ3v) is 6.00. The first-order valence-corrected chi connectivity index (χ1v) is 8.90. The molecule has 1 aromatic rings. The van der Waals surface area contributed by atoms with E-state index in [4.69, 9.17) is 16.7 Å². The second kappa shape index (κ2) is 6.95. The number of carboxylic acid groups (broad SMARTS) is 1. The maximum absolute atomic E-state index is 12.5. The van der Waals surface area contributed by atoms with Gasteiger partial charge in [0.15, 0.2) is 0 Å². The molecule has 22 heavy (non-hydrogen) atoms. The van der Waals surface area contributed by atoms with E-state index in [1.807, 2.05) is 11.8 Å². The van der Waals surface area contributed by atoms with Gasteiger partial charge in [-0.3, -0.25) is 9.69 Å². The summed E-state index contributed by atoms with van der Waals surface area (Å²) in [5.41, 5.74) is 0. The molecule has 1 saturated heterocycles. The van der Waals surface area contributed by atoms with Crippen molar-refractivity contribution in [3.05, 3.63) is 29.3 Å². The topological polar surface area (TPSA) is 77.9 Å². The zero-order valence-electron chi connectivity index (χ0n) is 12.3. The van der Waals surface area contributed by atoms with Gasteiger partial charge < -0.3 is 5.11 Å². The molecule has 1 atom stereocenters.